The fraction of sp³-hybridized carbons (Fsp3) is 0.280. The van der Waals surface area contributed by atoms with Gasteiger partial charge in [-0.05, 0) is 28.8 Å². The highest BCUT2D eigenvalue weighted by atomic mass is 32.1. The van der Waals surface area contributed by atoms with Gasteiger partial charge in [0.15, 0.2) is 16.6 Å². The van der Waals surface area contributed by atoms with Crippen LogP contribution in [-0.4, -0.2) is 32.2 Å². The predicted octanol–water partition coefficient (Wildman–Crippen LogP) is 3.86. The van der Waals surface area contributed by atoms with E-state index in [2.05, 4.69) is 16.7 Å². The Morgan fingerprint density at radius 3 is 2.61 bits per heavy atom. The van der Waals surface area contributed by atoms with Gasteiger partial charge in [0.05, 0.1) is 0 Å². The number of fused-ring (bicyclic) bond motifs is 1. The summed E-state index contributed by atoms with van der Waals surface area (Å²) < 4.78 is 17.2. The smallest absolute Gasteiger partial charge is 0.216 e. The van der Waals surface area contributed by atoms with Crippen LogP contribution in [0.15, 0.2) is 47.8 Å². The van der Waals surface area contributed by atoms with Crippen LogP contribution >= 0.6 is 11.3 Å². The van der Waals surface area contributed by atoms with Crippen molar-refractivity contribution in [3.8, 4) is 33.8 Å². The summed E-state index contributed by atoms with van der Waals surface area (Å²) in [5, 5.41) is 18.4. The van der Waals surface area contributed by atoms with Crippen molar-refractivity contribution in [1.82, 2.24) is 10.6 Å². The number of ether oxygens (including phenoxy) is 3. The number of nitrogens with one attached hydrogen (secondary N) is 2. The van der Waals surface area contributed by atoms with E-state index in [1.165, 1.54) is 18.3 Å². The molecule has 170 valence electrons. The molecule has 0 saturated heterocycles. The average molecular weight is 464 g/mol. The summed E-state index contributed by atoms with van der Waals surface area (Å²) in [6.07, 6.45) is 0. The van der Waals surface area contributed by atoms with Gasteiger partial charge < -0.3 is 24.8 Å². The van der Waals surface area contributed by atoms with Crippen LogP contribution in [0.2, 0.25) is 0 Å². The van der Waals surface area contributed by atoms with E-state index in [0.29, 0.717) is 49.3 Å². The van der Waals surface area contributed by atoms with Crippen LogP contribution in [-0.2, 0) is 17.9 Å². The standard InChI is InChI=1S/C25H25N3O4S/c1-17(29)28-9-8-27-14-18-2-4-19(5-3-18)15-32-25-21(13-26)22(16-33-25)20-6-7-23-24(12-20)31-11-10-30-23/h2-7,12,16,27H,8-11,14-15H2,1H3,(H,28,29). The normalized spacial score (nSPS) is 12.1. The molecule has 1 aromatic heterocycles. The summed E-state index contributed by atoms with van der Waals surface area (Å²) in [5.41, 5.74) is 4.43. The number of nitrogens with zero attached hydrogens (tertiary/aromatic N) is 1. The van der Waals surface area contributed by atoms with Crippen molar-refractivity contribution in [3.05, 3.63) is 64.5 Å². The van der Waals surface area contributed by atoms with Gasteiger partial charge in [-0.3, -0.25) is 4.79 Å². The molecule has 7 nitrogen and oxygen atoms in total. The van der Waals surface area contributed by atoms with E-state index in [1.54, 1.807) is 0 Å². The number of hydrogen-bond acceptors (Lipinski definition) is 7. The fourth-order valence-corrected chi connectivity index (χ4v) is 4.32. The van der Waals surface area contributed by atoms with Crippen molar-refractivity contribution in [3.63, 3.8) is 0 Å². The number of amides is 1. The molecule has 0 bridgehead atoms. The maximum absolute atomic E-state index is 10.9. The Balaban J connectivity index is 1.35. The van der Waals surface area contributed by atoms with Gasteiger partial charge in [0.1, 0.15) is 31.5 Å². The molecule has 8 heteroatoms. The van der Waals surface area contributed by atoms with Crippen LogP contribution in [0.4, 0.5) is 0 Å². The molecular formula is C25H25N3O4S. The highest BCUT2D eigenvalue weighted by Gasteiger charge is 2.18. The molecule has 1 aliphatic heterocycles. The molecule has 0 atom stereocenters. The zero-order valence-electron chi connectivity index (χ0n) is 18.3. The summed E-state index contributed by atoms with van der Waals surface area (Å²) in [6, 6.07) is 16.1. The molecule has 4 rings (SSSR count). The van der Waals surface area contributed by atoms with Crippen LogP contribution < -0.4 is 24.8 Å². The van der Waals surface area contributed by atoms with Gasteiger partial charge in [0, 0.05) is 37.5 Å². The monoisotopic (exact) mass is 463 g/mol. The van der Waals surface area contributed by atoms with Gasteiger partial charge in [-0.1, -0.05) is 30.3 Å². The van der Waals surface area contributed by atoms with Crippen molar-refractivity contribution in [2.75, 3.05) is 26.3 Å². The lowest BCUT2D eigenvalue weighted by Gasteiger charge is -2.18. The highest BCUT2D eigenvalue weighted by molar-refractivity contribution is 7.12. The van der Waals surface area contributed by atoms with Crippen LogP contribution in [0.5, 0.6) is 16.6 Å². The topological polar surface area (TPSA) is 92.6 Å². The molecule has 3 aromatic rings. The summed E-state index contributed by atoms with van der Waals surface area (Å²) in [7, 11) is 0. The summed E-state index contributed by atoms with van der Waals surface area (Å²) >= 11 is 1.42. The molecular weight excluding hydrogens is 438 g/mol. The molecule has 0 radical (unpaired) electrons. The molecule has 0 spiro atoms. The number of benzene rings is 2. The first-order chi connectivity index (χ1) is 16.1. The molecule has 1 amide bonds. The number of carbonyl (C=O) groups is 1. The minimum atomic E-state index is -0.0233. The van der Waals surface area contributed by atoms with Gasteiger partial charge in [-0.2, -0.15) is 5.26 Å². The maximum Gasteiger partial charge on any atom is 0.216 e. The molecule has 2 N–H and O–H groups in total. The summed E-state index contributed by atoms with van der Waals surface area (Å²) in [6.45, 7) is 5.00. The van der Waals surface area contributed by atoms with E-state index >= 15 is 0 Å². The SMILES string of the molecule is CC(=O)NCCNCc1ccc(COc2scc(-c3ccc4c(c3)OCCO4)c2C#N)cc1. The average Bonchev–Trinajstić information content (AvgIpc) is 3.25. The van der Waals surface area contributed by atoms with Crippen LogP contribution in [0.3, 0.4) is 0 Å². The largest absolute Gasteiger partial charge is 0.486 e. The van der Waals surface area contributed by atoms with E-state index in [-0.39, 0.29) is 5.91 Å². The van der Waals surface area contributed by atoms with E-state index in [0.717, 1.165) is 34.5 Å². The molecule has 2 aromatic carbocycles. The first-order valence-electron chi connectivity index (χ1n) is 10.7. The van der Waals surface area contributed by atoms with Crippen molar-refractivity contribution in [1.29, 1.82) is 5.26 Å². The van der Waals surface area contributed by atoms with Gasteiger partial charge in [-0.15, -0.1) is 11.3 Å². The Bertz CT molecular complexity index is 1150. The third kappa shape index (κ3) is 5.83. The third-order valence-electron chi connectivity index (χ3n) is 5.12. The Kier molecular flexibility index (Phi) is 7.45. The van der Waals surface area contributed by atoms with Crippen molar-refractivity contribution in [2.45, 2.75) is 20.1 Å². The lowest BCUT2D eigenvalue weighted by atomic mass is 10.0. The minimum Gasteiger partial charge on any atom is -0.486 e. The Labute approximate surface area is 196 Å². The molecule has 0 fully saturated rings. The zero-order valence-corrected chi connectivity index (χ0v) is 19.2. The van der Waals surface area contributed by atoms with E-state index in [4.69, 9.17) is 14.2 Å². The number of thiophene rings is 1. The molecule has 1 aliphatic rings. The number of rotatable bonds is 9. The predicted molar refractivity (Wildman–Crippen MR) is 127 cm³/mol. The first-order valence-corrected chi connectivity index (χ1v) is 11.6. The Hall–Kier alpha value is -3.54. The quantitative estimate of drug-likeness (QED) is 0.468. The number of carbonyl (C=O) groups excluding carboxylic acids is 1. The minimum absolute atomic E-state index is 0.0233. The van der Waals surface area contributed by atoms with Crippen molar-refractivity contribution >= 4 is 17.2 Å². The Morgan fingerprint density at radius 1 is 1.09 bits per heavy atom. The highest BCUT2D eigenvalue weighted by Crippen LogP contribution is 2.40. The molecule has 0 saturated carbocycles. The van der Waals surface area contributed by atoms with Crippen LogP contribution in [0, 0.1) is 11.3 Å². The van der Waals surface area contributed by atoms with Crippen LogP contribution in [0.25, 0.3) is 11.1 Å². The third-order valence-corrected chi connectivity index (χ3v) is 6.01. The number of nitriles is 1. The summed E-state index contributed by atoms with van der Waals surface area (Å²) in [4.78, 5) is 10.9. The first kappa shape index (κ1) is 22.6. The second kappa shape index (κ2) is 10.9. The number of hydrogen-bond donors (Lipinski definition) is 2. The maximum atomic E-state index is 10.9. The van der Waals surface area contributed by atoms with Gasteiger partial charge in [-0.25, -0.2) is 0 Å². The molecule has 0 unspecified atom stereocenters. The zero-order chi connectivity index (χ0) is 23.0. The van der Waals surface area contributed by atoms with E-state index in [1.807, 2.05) is 47.8 Å². The van der Waals surface area contributed by atoms with Gasteiger partial charge in [0.25, 0.3) is 0 Å². The second-order valence-electron chi connectivity index (χ2n) is 7.55. The Morgan fingerprint density at radius 2 is 1.85 bits per heavy atom. The van der Waals surface area contributed by atoms with Gasteiger partial charge >= 0.3 is 0 Å². The molecule has 2 heterocycles. The van der Waals surface area contributed by atoms with Gasteiger partial charge in [0.2, 0.25) is 5.91 Å². The van der Waals surface area contributed by atoms with Crippen molar-refractivity contribution in [2.24, 2.45) is 0 Å². The fourth-order valence-electron chi connectivity index (χ4n) is 3.44. The second-order valence-corrected chi connectivity index (χ2v) is 8.39. The molecule has 0 aliphatic carbocycles. The van der Waals surface area contributed by atoms with E-state index in [9.17, 15) is 10.1 Å². The summed E-state index contributed by atoms with van der Waals surface area (Å²) in [5.74, 6) is 1.40. The van der Waals surface area contributed by atoms with Crippen molar-refractivity contribution < 1.29 is 19.0 Å². The van der Waals surface area contributed by atoms with E-state index < -0.39 is 0 Å². The van der Waals surface area contributed by atoms with Crippen LogP contribution in [0.1, 0.15) is 23.6 Å². The lowest BCUT2D eigenvalue weighted by molar-refractivity contribution is -0.118. The molecule has 33 heavy (non-hydrogen) atoms. The lowest BCUT2D eigenvalue weighted by Crippen LogP contribution is -2.29.